The summed E-state index contributed by atoms with van der Waals surface area (Å²) in [7, 11) is 1.59. The number of pyridine rings is 1. The van der Waals surface area contributed by atoms with E-state index in [2.05, 4.69) is 0 Å². The van der Waals surface area contributed by atoms with Gasteiger partial charge in [-0.25, -0.2) is 4.79 Å². The van der Waals surface area contributed by atoms with Crippen LogP contribution >= 0.6 is 0 Å². The van der Waals surface area contributed by atoms with Gasteiger partial charge in [-0.1, -0.05) is 24.3 Å². The van der Waals surface area contributed by atoms with Crippen molar-refractivity contribution in [3.8, 4) is 5.75 Å². The van der Waals surface area contributed by atoms with Crippen LogP contribution < -0.4 is 10.2 Å². The van der Waals surface area contributed by atoms with E-state index in [1.807, 2.05) is 36.4 Å². The molecule has 3 aromatic rings. The molecule has 0 aliphatic rings. The molecule has 0 saturated carbocycles. The second-order valence-corrected chi connectivity index (χ2v) is 5.17. The number of hydrogen-bond acceptors (Lipinski definition) is 3. The number of para-hydroxylation sites is 1. The second-order valence-electron chi connectivity index (χ2n) is 5.17. The molecule has 1 N–H and O–H groups in total. The Morgan fingerprint density at radius 3 is 2.70 bits per heavy atom. The summed E-state index contributed by atoms with van der Waals surface area (Å²) >= 11 is 0. The molecule has 0 aliphatic heterocycles. The van der Waals surface area contributed by atoms with Crippen molar-refractivity contribution in [3.05, 3.63) is 76.1 Å². The molecule has 23 heavy (non-hydrogen) atoms. The maximum Gasteiger partial charge on any atom is 0.341 e. The molecule has 5 heteroatoms. The number of rotatable bonds is 4. The largest absolute Gasteiger partial charge is 0.497 e. The molecule has 2 aromatic carbocycles. The number of carboxylic acid groups (broad SMARTS) is 1. The summed E-state index contributed by atoms with van der Waals surface area (Å²) in [4.78, 5) is 23.6. The van der Waals surface area contributed by atoms with Crippen LogP contribution in [0.2, 0.25) is 0 Å². The first-order chi connectivity index (χ1) is 11.1. The van der Waals surface area contributed by atoms with E-state index < -0.39 is 11.4 Å². The highest BCUT2D eigenvalue weighted by molar-refractivity contribution is 5.92. The molecule has 0 unspecified atom stereocenters. The van der Waals surface area contributed by atoms with Gasteiger partial charge in [0.1, 0.15) is 11.3 Å². The van der Waals surface area contributed by atoms with Gasteiger partial charge in [0.15, 0.2) is 0 Å². The van der Waals surface area contributed by atoms with E-state index in [-0.39, 0.29) is 5.56 Å². The van der Waals surface area contributed by atoms with Gasteiger partial charge in [0.25, 0.3) is 0 Å². The Balaban J connectivity index is 2.18. The van der Waals surface area contributed by atoms with Crippen LogP contribution in [-0.4, -0.2) is 22.8 Å². The quantitative estimate of drug-likeness (QED) is 0.804. The van der Waals surface area contributed by atoms with Crippen LogP contribution in [0.4, 0.5) is 0 Å². The number of methoxy groups -OCH3 is 1. The summed E-state index contributed by atoms with van der Waals surface area (Å²) in [6.45, 7) is 0.443. The van der Waals surface area contributed by atoms with Crippen molar-refractivity contribution in [2.24, 2.45) is 0 Å². The first-order valence-corrected chi connectivity index (χ1v) is 7.08. The number of carboxylic acids is 1. The van der Waals surface area contributed by atoms with E-state index in [0.717, 1.165) is 11.3 Å². The highest BCUT2D eigenvalue weighted by Crippen LogP contribution is 2.17. The van der Waals surface area contributed by atoms with Crippen LogP contribution in [0.5, 0.6) is 5.75 Å². The van der Waals surface area contributed by atoms with Gasteiger partial charge < -0.3 is 14.4 Å². The average Bonchev–Trinajstić information content (AvgIpc) is 2.57. The average molecular weight is 309 g/mol. The Kier molecular flexibility index (Phi) is 3.85. The zero-order valence-corrected chi connectivity index (χ0v) is 12.5. The van der Waals surface area contributed by atoms with Crippen LogP contribution in [0.3, 0.4) is 0 Å². The molecular formula is C18H15NO4. The fourth-order valence-electron chi connectivity index (χ4n) is 2.60. The van der Waals surface area contributed by atoms with Crippen molar-refractivity contribution in [1.29, 1.82) is 0 Å². The second kappa shape index (κ2) is 5.96. The molecule has 1 aromatic heterocycles. The third-order valence-electron chi connectivity index (χ3n) is 3.71. The van der Waals surface area contributed by atoms with Crippen molar-refractivity contribution in [2.45, 2.75) is 6.54 Å². The minimum absolute atomic E-state index is 0.230. The van der Waals surface area contributed by atoms with Gasteiger partial charge in [-0.15, -0.1) is 0 Å². The predicted octanol–water partition coefficient (Wildman–Crippen LogP) is 2.76. The summed E-state index contributed by atoms with van der Waals surface area (Å²) in [5, 5.41) is 9.66. The van der Waals surface area contributed by atoms with Gasteiger partial charge in [-0.3, -0.25) is 4.79 Å². The minimum atomic E-state index is -1.22. The van der Waals surface area contributed by atoms with Gasteiger partial charge in [0.2, 0.25) is 5.43 Å². The predicted molar refractivity (Wildman–Crippen MR) is 87.3 cm³/mol. The number of fused-ring (bicyclic) bond motifs is 1. The van der Waals surface area contributed by atoms with Crippen LogP contribution in [0.15, 0.2) is 59.5 Å². The van der Waals surface area contributed by atoms with Crippen LogP contribution in [0.1, 0.15) is 15.9 Å². The number of benzene rings is 2. The van der Waals surface area contributed by atoms with Crippen molar-refractivity contribution in [2.75, 3.05) is 7.11 Å². The lowest BCUT2D eigenvalue weighted by Gasteiger charge is -2.13. The zero-order chi connectivity index (χ0) is 16.4. The fraction of sp³-hybridized carbons (Fsp3) is 0.111. The number of aromatic carboxylic acids is 1. The maximum absolute atomic E-state index is 12.3. The highest BCUT2D eigenvalue weighted by Gasteiger charge is 2.14. The number of hydrogen-bond donors (Lipinski definition) is 1. The first kappa shape index (κ1) is 14.8. The summed E-state index contributed by atoms with van der Waals surface area (Å²) < 4.78 is 6.98. The molecule has 0 saturated heterocycles. The summed E-state index contributed by atoms with van der Waals surface area (Å²) in [6.07, 6.45) is 1.40. The summed E-state index contributed by atoms with van der Waals surface area (Å²) in [5.41, 5.74) is 0.960. The molecule has 0 amide bonds. The smallest absolute Gasteiger partial charge is 0.341 e. The van der Waals surface area contributed by atoms with Crippen molar-refractivity contribution < 1.29 is 14.6 Å². The maximum atomic E-state index is 12.3. The van der Waals surface area contributed by atoms with Crippen molar-refractivity contribution in [1.82, 2.24) is 4.57 Å². The topological polar surface area (TPSA) is 68.5 Å². The van der Waals surface area contributed by atoms with Crippen molar-refractivity contribution >= 4 is 16.9 Å². The molecule has 0 aliphatic carbocycles. The number of ether oxygens (including phenoxy) is 1. The molecule has 116 valence electrons. The molecular weight excluding hydrogens is 294 g/mol. The third-order valence-corrected chi connectivity index (χ3v) is 3.71. The van der Waals surface area contributed by atoms with E-state index in [9.17, 15) is 14.7 Å². The summed E-state index contributed by atoms with van der Waals surface area (Å²) in [6, 6.07) is 14.5. The molecule has 1 heterocycles. The molecule has 3 rings (SSSR count). The molecule has 0 radical (unpaired) electrons. The molecule has 5 nitrogen and oxygen atoms in total. The standard InChI is InChI=1S/C18H15NO4/c1-23-13-6-4-5-12(9-13)10-19-11-15(18(21)22)17(20)14-7-2-3-8-16(14)19/h2-9,11H,10H2,1H3,(H,21,22). The lowest BCUT2D eigenvalue weighted by atomic mass is 10.1. The van der Waals surface area contributed by atoms with Crippen LogP contribution in [-0.2, 0) is 6.54 Å². The van der Waals surface area contributed by atoms with Gasteiger partial charge in [0, 0.05) is 18.1 Å². The highest BCUT2D eigenvalue weighted by atomic mass is 16.5. The number of aromatic nitrogens is 1. The third kappa shape index (κ3) is 2.81. The Morgan fingerprint density at radius 1 is 1.17 bits per heavy atom. The van der Waals surface area contributed by atoms with Crippen LogP contribution in [0, 0.1) is 0 Å². The van der Waals surface area contributed by atoms with Gasteiger partial charge in [-0.05, 0) is 29.8 Å². The van der Waals surface area contributed by atoms with E-state index in [0.29, 0.717) is 17.4 Å². The molecule has 0 atom stereocenters. The number of nitrogens with zero attached hydrogens (tertiary/aromatic N) is 1. The monoisotopic (exact) mass is 309 g/mol. The minimum Gasteiger partial charge on any atom is -0.497 e. The first-order valence-electron chi connectivity index (χ1n) is 7.08. The van der Waals surface area contributed by atoms with Gasteiger partial charge in [-0.2, -0.15) is 0 Å². The van der Waals surface area contributed by atoms with Gasteiger partial charge in [0.05, 0.1) is 12.6 Å². The van der Waals surface area contributed by atoms with E-state index in [1.54, 1.807) is 23.8 Å². The van der Waals surface area contributed by atoms with E-state index in [4.69, 9.17) is 4.74 Å². The fourth-order valence-corrected chi connectivity index (χ4v) is 2.60. The lowest BCUT2D eigenvalue weighted by molar-refractivity contribution is 0.0695. The SMILES string of the molecule is COc1cccc(Cn2cc(C(=O)O)c(=O)c3ccccc32)c1. The van der Waals surface area contributed by atoms with E-state index >= 15 is 0 Å². The molecule has 0 fully saturated rings. The number of carbonyl (C=O) groups is 1. The lowest BCUT2D eigenvalue weighted by Crippen LogP contribution is -2.19. The van der Waals surface area contributed by atoms with Crippen molar-refractivity contribution in [3.63, 3.8) is 0 Å². The zero-order valence-electron chi connectivity index (χ0n) is 12.5. The van der Waals surface area contributed by atoms with Gasteiger partial charge >= 0.3 is 5.97 Å². The summed E-state index contributed by atoms with van der Waals surface area (Å²) in [5.74, 6) is -0.494. The Hall–Kier alpha value is -3.08. The Labute approximate surface area is 132 Å². The Morgan fingerprint density at radius 2 is 1.96 bits per heavy atom. The normalized spacial score (nSPS) is 10.7. The van der Waals surface area contributed by atoms with E-state index in [1.165, 1.54) is 6.20 Å². The molecule has 0 bridgehead atoms. The molecule has 0 spiro atoms. The van der Waals surface area contributed by atoms with Crippen LogP contribution in [0.25, 0.3) is 10.9 Å². The Bertz CT molecular complexity index is 943.